The molecule has 140 valence electrons. The molecule has 0 aliphatic heterocycles. The third kappa shape index (κ3) is 4.62. The molecule has 2 rings (SSSR count). The second-order valence-corrected chi connectivity index (χ2v) is 8.53. The number of nitrogens with zero attached hydrogens (tertiary/aromatic N) is 1. The summed E-state index contributed by atoms with van der Waals surface area (Å²) < 4.78 is 30.9. The van der Waals surface area contributed by atoms with Crippen LogP contribution in [-0.2, 0) is 14.8 Å². The minimum atomic E-state index is -3.49. The fraction of sp³-hybridized carbons (Fsp3) is 0.316. The van der Waals surface area contributed by atoms with Crippen molar-refractivity contribution >= 4 is 21.6 Å². The highest BCUT2D eigenvalue weighted by Gasteiger charge is 2.17. The molecule has 0 saturated carbocycles. The van der Waals surface area contributed by atoms with Gasteiger partial charge >= 0.3 is 0 Å². The molecule has 0 radical (unpaired) electrons. The van der Waals surface area contributed by atoms with E-state index >= 15 is 0 Å². The Labute approximate surface area is 154 Å². The maximum Gasteiger partial charge on any atom is 0.262 e. The van der Waals surface area contributed by atoms with Crippen molar-refractivity contribution in [3.8, 4) is 5.75 Å². The number of amides is 1. The molecule has 0 bridgehead atoms. The Morgan fingerprint density at radius 1 is 1.04 bits per heavy atom. The van der Waals surface area contributed by atoms with Gasteiger partial charge in [0.1, 0.15) is 5.75 Å². The average molecular weight is 376 g/mol. The summed E-state index contributed by atoms with van der Waals surface area (Å²) in [7, 11) is -0.546. The summed E-state index contributed by atoms with van der Waals surface area (Å²) in [5.74, 6) is 0.394. The fourth-order valence-corrected chi connectivity index (χ4v) is 3.55. The quantitative estimate of drug-likeness (QED) is 0.841. The van der Waals surface area contributed by atoms with Gasteiger partial charge in [0.25, 0.3) is 5.91 Å². The highest BCUT2D eigenvalue weighted by Crippen LogP contribution is 2.24. The third-order valence-electron chi connectivity index (χ3n) is 3.87. The van der Waals surface area contributed by atoms with Gasteiger partial charge in [-0.1, -0.05) is 17.7 Å². The number of hydrogen-bond acceptors (Lipinski definition) is 4. The van der Waals surface area contributed by atoms with E-state index < -0.39 is 10.0 Å². The number of carbonyl (C=O) groups excluding carboxylic acids is 1. The van der Waals surface area contributed by atoms with Crippen LogP contribution in [0.3, 0.4) is 0 Å². The molecule has 0 fully saturated rings. The summed E-state index contributed by atoms with van der Waals surface area (Å²) in [6.45, 7) is 5.77. The molecule has 0 aromatic heterocycles. The molecule has 1 N–H and O–H groups in total. The Kier molecular flexibility index (Phi) is 6.05. The third-order valence-corrected chi connectivity index (χ3v) is 5.70. The molecule has 2 aromatic carbocycles. The van der Waals surface area contributed by atoms with Crippen molar-refractivity contribution in [2.75, 3.05) is 26.0 Å². The molecule has 0 aliphatic carbocycles. The van der Waals surface area contributed by atoms with Crippen molar-refractivity contribution in [1.29, 1.82) is 0 Å². The monoisotopic (exact) mass is 376 g/mol. The molecule has 0 aliphatic rings. The molecule has 1 amide bonds. The van der Waals surface area contributed by atoms with Crippen LogP contribution in [0.25, 0.3) is 0 Å². The summed E-state index contributed by atoms with van der Waals surface area (Å²) in [6.07, 6.45) is 0. The smallest absolute Gasteiger partial charge is 0.262 e. The Balaban J connectivity index is 2.01. The van der Waals surface area contributed by atoms with Gasteiger partial charge in [0, 0.05) is 19.8 Å². The minimum absolute atomic E-state index is 0.123. The Morgan fingerprint density at radius 2 is 1.58 bits per heavy atom. The number of ether oxygens (including phenoxy) is 1. The van der Waals surface area contributed by atoms with Crippen LogP contribution in [0.5, 0.6) is 5.75 Å². The van der Waals surface area contributed by atoms with Crippen LogP contribution in [-0.4, -0.2) is 39.3 Å². The van der Waals surface area contributed by atoms with Gasteiger partial charge in [0.15, 0.2) is 6.61 Å². The Hall–Kier alpha value is -2.38. The van der Waals surface area contributed by atoms with Crippen molar-refractivity contribution in [2.24, 2.45) is 0 Å². The zero-order chi connectivity index (χ0) is 19.5. The molecule has 7 heteroatoms. The van der Waals surface area contributed by atoms with Crippen LogP contribution in [0.15, 0.2) is 41.3 Å². The molecule has 2 aromatic rings. The molecule has 0 spiro atoms. The van der Waals surface area contributed by atoms with Gasteiger partial charge in [-0.25, -0.2) is 12.7 Å². The molecule has 0 atom stereocenters. The van der Waals surface area contributed by atoms with Crippen LogP contribution in [0.1, 0.15) is 16.7 Å². The molecule has 0 heterocycles. The van der Waals surface area contributed by atoms with Crippen molar-refractivity contribution in [2.45, 2.75) is 25.7 Å². The maximum atomic E-state index is 12.1. The van der Waals surface area contributed by atoms with Crippen molar-refractivity contribution in [1.82, 2.24) is 4.31 Å². The number of hydrogen-bond donors (Lipinski definition) is 1. The number of rotatable bonds is 6. The van der Waals surface area contributed by atoms with E-state index in [0.717, 1.165) is 21.0 Å². The number of benzene rings is 2. The van der Waals surface area contributed by atoms with E-state index in [1.165, 1.54) is 26.2 Å². The molecule has 6 nitrogen and oxygen atoms in total. The summed E-state index contributed by atoms with van der Waals surface area (Å²) >= 11 is 0. The van der Waals surface area contributed by atoms with Crippen LogP contribution < -0.4 is 10.1 Å². The largest absolute Gasteiger partial charge is 0.483 e. The first-order valence-corrected chi connectivity index (χ1v) is 9.58. The lowest BCUT2D eigenvalue weighted by Crippen LogP contribution is -2.22. The number of anilines is 1. The topological polar surface area (TPSA) is 75.7 Å². The lowest BCUT2D eigenvalue weighted by atomic mass is 10.1. The molecule has 0 unspecified atom stereocenters. The number of aryl methyl sites for hydroxylation is 3. The van der Waals surface area contributed by atoms with E-state index in [0.29, 0.717) is 11.4 Å². The lowest BCUT2D eigenvalue weighted by molar-refractivity contribution is -0.118. The summed E-state index contributed by atoms with van der Waals surface area (Å²) in [4.78, 5) is 12.3. The van der Waals surface area contributed by atoms with Crippen molar-refractivity contribution < 1.29 is 17.9 Å². The first kappa shape index (κ1) is 19.9. The normalized spacial score (nSPS) is 11.5. The van der Waals surface area contributed by atoms with Crippen LogP contribution in [0, 0.1) is 20.8 Å². The van der Waals surface area contributed by atoms with Gasteiger partial charge < -0.3 is 10.1 Å². The van der Waals surface area contributed by atoms with Crippen LogP contribution in [0.4, 0.5) is 5.69 Å². The second kappa shape index (κ2) is 7.88. The zero-order valence-corrected chi connectivity index (χ0v) is 16.5. The highest BCUT2D eigenvalue weighted by atomic mass is 32.2. The minimum Gasteiger partial charge on any atom is -0.483 e. The van der Waals surface area contributed by atoms with Crippen molar-refractivity contribution in [3.63, 3.8) is 0 Å². The van der Waals surface area contributed by atoms with Gasteiger partial charge in [0.2, 0.25) is 10.0 Å². The van der Waals surface area contributed by atoms with Gasteiger partial charge in [-0.3, -0.25) is 4.79 Å². The van der Waals surface area contributed by atoms with E-state index in [1.54, 1.807) is 12.1 Å². The molecular weight excluding hydrogens is 352 g/mol. The van der Waals surface area contributed by atoms with E-state index in [-0.39, 0.29) is 17.4 Å². The van der Waals surface area contributed by atoms with Crippen LogP contribution in [0.2, 0.25) is 0 Å². The van der Waals surface area contributed by atoms with E-state index in [2.05, 4.69) is 5.32 Å². The number of carbonyl (C=O) groups is 1. The van der Waals surface area contributed by atoms with Gasteiger partial charge in [-0.05, 0) is 56.2 Å². The van der Waals surface area contributed by atoms with E-state index in [9.17, 15) is 13.2 Å². The zero-order valence-electron chi connectivity index (χ0n) is 15.7. The lowest BCUT2D eigenvalue weighted by Gasteiger charge is -2.14. The SMILES string of the molecule is Cc1cc(C)c(OCC(=O)Nc2ccc(S(=O)(=O)N(C)C)cc2)c(C)c1. The molecule has 26 heavy (non-hydrogen) atoms. The standard InChI is InChI=1S/C19H24N2O4S/c1-13-10-14(2)19(15(3)11-13)25-12-18(22)20-16-6-8-17(9-7-16)26(23,24)21(4)5/h6-11H,12H2,1-5H3,(H,20,22). The van der Waals surface area contributed by atoms with Crippen molar-refractivity contribution in [3.05, 3.63) is 53.1 Å². The first-order valence-electron chi connectivity index (χ1n) is 8.14. The summed E-state index contributed by atoms with van der Waals surface area (Å²) in [6, 6.07) is 10.0. The second-order valence-electron chi connectivity index (χ2n) is 6.38. The number of nitrogens with one attached hydrogen (secondary N) is 1. The highest BCUT2D eigenvalue weighted by molar-refractivity contribution is 7.89. The fourth-order valence-electron chi connectivity index (χ4n) is 2.65. The summed E-state index contributed by atoms with van der Waals surface area (Å²) in [5, 5.41) is 2.70. The predicted octanol–water partition coefficient (Wildman–Crippen LogP) is 2.88. The Bertz CT molecular complexity index is 881. The van der Waals surface area contributed by atoms with E-state index in [1.807, 2.05) is 32.9 Å². The maximum absolute atomic E-state index is 12.1. The van der Waals surface area contributed by atoms with Gasteiger partial charge in [-0.15, -0.1) is 0 Å². The average Bonchev–Trinajstić information content (AvgIpc) is 2.54. The van der Waals surface area contributed by atoms with Crippen LogP contribution >= 0.6 is 0 Å². The molecule has 0 saturated heterocycles. The number of sulfonamides is 1. The molecular formula is C19H24N2O4S. The van der Waals surface area contributed by atoms with E-state index in [4.69, 9.17) is 4.74 Å². The first-order chi connectivity index (χ1) is 12.1. The predicted molar refractivity (Wildman–Crippen MR) is 102 cm³/mol. The van der Waals surface area contributed by atoms with Gasteiger partial charge in [-0.2, -0.15) is 0 Å². The van der Waals surface area contributed by atoms with Gasteiger partial charge in [0.05, 0.1) is 4.90 Å². The summed E-state index contributed by atoms with van der Waals surface area (Å²) in [5.41, 5.74) is 3.61. The Morgan fingerprint density at radius 3 is 2.08 bits per heavy atom.